The Morgan fingerprint density at radius 1 is 0.821 bits per heavy atom. The zero-order chi connectivity index (χ0) is 19.4. The highest BCUT2D eigenvalue weighted by molar-refractivity contribution is 5.38. The molecule has 4 atom stereocenters. The van der Waals surface area contributed by atoms with Gasteiger partial charge in [0.15, 0.2) is 0 Å². The Morgan fingerprint density at radius 2 is 1.36 bits per heavy atom. The second-order valence-electron chi connectivity index (χ2n) is 7.55. The van der Waals surface area contributed by atoms with Gasteiger partial charge in [-0.25, -0.2) is 0 Å². The van der Waals surface area contributed by atoms with Gasteiger partial charge in [-0.1, -0.05) is 97.6 Å². The van der Waals surface area contributed by atoms with Gasteiger partial charge in [0.25, 0.3) is 0 Å². The van der Waals surface area contributed by atoms with Gasteiger partial charge in [-0.05, 0) is 23.3 Å². The van der Waals surface area contributed by atoms with Crippen molar-refractivity contribution in [3.63, 3.8) is 0 Å². The molecule has 1 fully saturated rings. The zero-order valence-electron chi connectivity index (χ0n) is 16.0. The van der Waals surface area contributed by atoms with Crippen molar-refractivity contribution < 1.29 is 5.11 Å². The van der Waals surface area contributed by atoms with Crippen molar-refractivity contribution in [1.29, 1.82) is 0 Å². The van der Waals surface area contributed by atoms with Crippen LogP contribution in [0.2, 0.25) is 0 Å². The number of benzene rings is 3. The van der Waals surface area contributed by atoms with Crippen LogP contribution in [0.15, 0.2) is 91.0 Å². The monoisotopic (exact) mass is 367 g/mol. The fourth-order valence-corrected chi connectivity index (χ4v) is 4.00. The summed E-state index contributed by atoms with van der Waals surface area (Å²) in [5.41, 5.74) is 2.20. The summed E-state index contributed by atoms with van der Waals surface area (Å²) in [7, 11) is 0. The van der Waals surface area contributed by atoms with Crippen molar-refractivity contribution in [3.8, 4) is 11.8 Å². The van der Waals surface area contributed by atoms with E-state index in [-0.39, 0.29) is 18.0 Å². The van der Waals surface area contributed by atoms with Gasteiger partial charge in [-0.3, -0.25) is 0 Å². The Balaban J connectivity index is 1.72. The summed E-state index contributed by atoms with van der Waals surface area (Å²) in [5.74, 6) is 6.38. The Morgan fingerprint density at radius 3 is 1.96 bits per heavy atom. The van der Waals surface area contributed by atoms with Crippen molar-refractivity contribution in [2.75, 3.05) is 0 Å². The Hall–Kier alpha value is -2.86. The molecule has 0 amide bonds. The van der Waals surface area contributed by atoms with Crippen LogP contribution in [-0.2, 0) is 0 Å². The SMILES string of the molecule is C[C@H]1[C@H](c2ccccc2)N[C@H](c2ccccc2)C[C@]1(O)C#Cc1ccccc1. The molecule has 2 N–H and O–H groups in total. The molecule has 0 spiro atoms. The minimum absolute atomic E-state index is 0.0234. The second kappa shape index (κ2) is 8.02. The highest BCUT2D eigenvalue weighted by Gasteiger charge is 2.45. The smallest absolute Gasteiger partial charge is 0.132 e. The fourth-order valence-electron chi connectivity index (χ4n) is 4.00. The molecule has 0 bridgehead atoms. The van der Waals surface area contributed by atoms with E-state index >= 15 is 0 Å². The minimum atomic E-state index is -1.08. The molecule has 0 radical (unpaired) electrons. The van der Waals surface area contributed by atoms with Gasteiger partial charge in [0.1, 0.15) is 5.60 Å². The lowest BCUT2D eigenvalue weighted by Crippen LogP contribution is -2.51. The molecule has 1 aliphatic rings. The van der Waals surface area contributed by atoms with Gasteiger partial charge >= 0.3 is 0 Å². The van der Waals surface area contributed by atoms with Crippen LogP contribution in [0, 0.1) is 17.8 Å². The fraction of sp³-hybridized carbons (Fsp3) is 0.231. The molecule has 1 heterocycles. The molecule has 4 rings (SSSR count). The van der Waals surface area contributed by atoms with Crippen LogP contribution < -0.4 is 5.32 Å². The third kappa shape index (κ3) is 3.87. The minimum Gasteiger partial charge on any atom is -0.377 e. The average molecular weight is 367 g/mol. The first-order valence-corrected chi connectivity index (χ1v) is 9.82. The molecule has 1 saturated heterocycles. The van der Waals surface area contributed by atoms with E-state index in [0.29, 0.717) is 6.42 Å². The molecule has 3 aromatic rings. The topological polar surface area (TPSA) is 32.3 Å². The Labute approximate surface area is 167 Å². The van der Waals surface area contributed by atoms with E-state index in [1.54, 1.807) is 0 Å². The van der Waals surface area contributed by atoms with Crippen molar-refractivity contribution in [2.45, 2.75) is 31.0 Å². The molecule has 140 valence electrons. The van der Waals surface area contributed by atoms with E-state index in [1.165, 1.54) is 11.1 Å². The van der Waals surface area contributed by atoms with Crippen LogP contribution in [0.5, 0.6) is 0 Å². The maximum Gasteiger partial charge on any atom is 0.132 e. The van der Waals surface area contributed by atoms with Crippen LogP contribution in [-0.4, -0.2) is 10.7 Å². The van der Waals surface area contributed by atoms with Crippen LogP contribution in [0.25, 0.3) is 0 Å². The standard InChI is InChI=1S/C26H25NO/c1-20-25(23-15-9-4-10-16-23)27-24(22-13-7-3-8-14-22)19-26(20,28)18-17-21-11-5-2-6-12-21/h2-16,20,24-25,27-28H,19H2,1H3/t20-,24-,25+,26+/m0/s1. The summed E-state index contributed by atoms with van der Waals surface area (Å²) in [4.78, 5) is 0. The predicted octanol–water partition coefficient (Wildman–Crippen LogP) is 4.88. The van der Waals surface area contributed by atoms with E-state index in [2.05, 4.69) is 48.3 Å². The molecular weight excluding hydrogens is 342 g/mol. The molecular formula is C26H25NO. The van der Waals surface area contributed by atoms with E-state index in [0.717, 1.165) is 5.56 Å². The van der Waals surface area contributed by atoms with Gasteiger partial charge in [-0.15, -0.1) is 0 Å². The lowest BCUT2D eigenvalue weighted by molar-refractivity contribution is -0.0196. The van der Waals surface area contributed by atoms with Crippen molar-refractivity contribution in [2.24, 2.45) is 5.92 Å². The summed E-state index contributed by atoms with van der Waals surface area (Å²) in [5, 5.41) is 15.4. The van der Waals surface area contributed by atoms with E-state index in [4.69, 9.17) is 0 Å². The molecule has 1 aliphatic heterocycles. The highest BCUT2D eigenvalue weighted by Crippen LogP contribution is 2.42. The first kappa shape index (κ1) is 18.5. The lowest BCUT2D eigenvalue weighted by atomic mass is 9.72. The van der Waals surface area contributed by atoms with Gasteiger partial charge < -0.3 is 10.4 Å². The van der Waals surface area contributed by atoms with Gasteiger partial charge in [-0.2, -0.15) is 0 Å². The van der Waals surface area contributed by atoms with E-state index in [9.17, 15) is 5.11 Å². The lowest BCUT2D eigenvalue weighted by Gasteiger charge is -2.45. The maximum absolute atomic E-state index is 11.7. The number of piperidine rings is 1. The summed E-state index contributed by atoms with van der Waals surface area (Å²) < 4.78 is 0. The Kier molecular flexibility index (Phi) is 5.30. The van der Waals surface area contributed by atoms with E-state index < -0.39 is 5.60 Å². The second-order valence-corrected chi connectivity index (χ2v) is 7.55. The third-order valence-corrected chi connectivity index (χ3v) is 5.71. The molecule has 0 aliphatic carbocycles. The average Bonchev–Trinajstić information content (AvgIpc) is 2.76. The number of hydrogen-bond donors (Lipinski definition) is 2. The summed E-state index contributed by atoms with van der Waals surface area (Å²) in [6.45, 7) is 2.09. The molecule has 2 nitrogen and oxygen atoms in total. The Bertz CT molecular complexity index is 959. The van der Waals surface area contributed by atoms with Crippen LogP contribution in [0.1, 0.15) is 42.1 Å². The first-order valence-electron chi connectivity index (χ1n) is 9.82. The first-order chi connectivity index (χ1) is 13.7. The highest BCUT2D eigenvalue weighted by atomic mass is 16.3. The molecule has 0 aromatic heterocycles. The molecule has 0 saturated carbocycles. The molecule has 3 aromatic carbocycles. The number of nitrogens with one attached hydrogen (secondary N) is 1. The quantitative estimate of drug-likeness (QED) is 0.633. The van der Waals surface area contributed by atoms with Gasteiger partial charge in [0, 0.05) is 30.0 Å². The van der Waals surface area contributed by atoms with Gasteiger partial charge in [0.2, 0.25) is 0 Å². The number of aliphatic hydroxyl groups is 1. The van der Waals surface area contributed by atoms with Crippen molar-refractivity contribution in [1.82, 2.24) is 5.32 Å². The van der Waals surface area contributed by atoms with Crippen molar-refractivity contribution >= 4 is 0 Å². The van der Waals surface area contributed by atoms with Crippen LogP contribution >= 0.6 is 0 Å². The van der Waals surface area contributed by atoms with E-state index in [1.807, 2.05) is 66.7 Å². The summed E-state index contributed by atoms with van der Waals surface area (Å²) in [6.07, 6.45) is 0.557. The zero-order valence-corrected chi connectivity index (χ0v) is 16.0. The van der Waals surface area contributed by atoms with Crippen LogP contribution in [0.3, 0.4) is 0 Å². The summed E-state index contributed by atoms with van der Waals surface area (Å²) >= 11 is 0. The third-order valence-electron chi connectivity index (χ3n) is 5.71. The predicted molar refractivity (Wildman–Crippen MR) is 114 cm³/mol. The largest absolute Gasteiger partial charge is 0.377 e. The van der Waals surface area contributed by atoms with Gasteiger partial charge in [0.05, 0.1) is 0 Å². The molecule has 2 heteroatoms. The number of rotatable bonds is 2. The maximum atomic E-state index is 11.7. The van der Waals surface area contributed by atoms with Crippen LogP contribution in [0.4, 0.5) is 0 Å². The molecule has 28 heavy (non-hydrogen) atoms. The summed E-state index contributed by atoms with van der Waals surface area (Å²) in [6, 6.07) is 30.6. The molecule has 0 unspecified atom stereocenters. The number of hydrogen-bond acceptors (Lipinski definition) is 2. The normalized spacial score (nSPS) is 26.9. The van der Waals surface area contributed by atoms with Crippen molar-refractivity contribution in [3.05, 3.63) is 108 Å².